The van der Waals surface area contributed by atoms with Crippen molar-refractivity contribution in [3.63, 3.8) is 0 Å². The van der Waals surface area contributed by atoms with Crippen LogP contribution in [0.15, 0.2) is 0 Å². The Kier molecular flexibility index (Phi) is 3.64. The van der Waals surface area contributed by atoms with Crippen LogP contribution in [0.3, 0.4) is 0 Å². The van der Waals surface area contributed by atoms with Gasteiger partial charge in [0.15, 0.2) is 0 Å². The van der Waals surface area contributed by atoms with E-state index in [-0.39, 0.29) is 5.92 Å². The first kappa shape index (κ1) is 11.0. The molecule has 2 nitrogen and oxygen atoms in total. The molecule has 2 aliphatic carbocycles. The van der Waals surface area contributed by atoms with E-state index in [0.29, 0.717) is 6.04 Å². The van der Waals surface area contributed by atoms with Gasteiger partial charge in [-0.2, -0.15) is 5.26 Å². The standard InChI is InChI=1S/C13H22N2/c1-10-5-6-11(7-10)9-15-13-4-2-3-12(13)8-14/h10-13,15H,2-7,9H2,1H3. The third-order valence-corrected chi connectivity index (χ3v) is 4.15. The molecule has 2 aliphatic rings. The largest absolute Gasteiger partial charge is 0.312 e. The molecule has 0 heterocycles. The highest BCUT2D eigenvalue weighted by molar-refractivity contribution is 4.96. The molecule has 4 unspecified atom stereocenters. The second kappa shape index (κ2) is 4.99. The van der Waals surface area contributed by atoms with Crippen LogP contribution in [0.2, 0.25) is 0 Å². The molecule has 0 aromatic heterocycles. The van der Waals surface area contributed by atoms with Gasteiger partial charge in [0.05, 0.1) is 12.0 Å². The maximum atomic E-state index is 8.98. The van der Waals surface area contributed by atoms with Crippen LogP contribution in [0.5, 0.6) is 0 Å². The van der Waals surface area contributed by atoms with Crippen LogP contribution in [-0.2, 0) is 0 Å². The molecule has 0 amide bonds. The summed E-state index contributed by atoms with van der Waals surface area (Å²) in [5.74, 6) is 2.08. The van der Waals surface area contributed by atoms with Gasteiger partial charge in [-0.25, -0.2) is 0 Å². The fourth-order valence-corrected chi connectivity index (χ4v) is 3.19. The van der Waals surface area contributed by atoms with Gasteiger partial charge < -0.3 is 5.32 Å². The van der Waals surface area contributed by atoms with Crippen molar-refractivity contribution >= 4 is 0 Å². The third kappa shape index (κ3) is 2.72. The van der Waals surface area contributed by atoms with Gasteiger partial charge in [-0.15, -0.1) is 0 Å². The summed E-state index contributed by atoms with van der Waals surface area (Å²) in [5.41, 5.74) is 0. The Balaban J connectivity index is 1.71. The number of nitrogens with one attached hydrogen (secondary N) is 1. The fourth-order valence-electron chi connectivity index (χ4n) is 3.19. The molecule has 2 rings (SSSR count). The molecule has 2 saturated carbocycles. The lowest BCUT2D eigenvalue weighted by Gasteiger charge is -2.18. The molecule has 1 N–H and O–H groups in total. The highest BCUT2D eigenvalue weighted by Crippen LogP contribution is 2.31. The van der Waals surface area contributed by atoms with E-state index < -0.39 is 0 Å². The van der Waals surface area contributed by atoms with Crippen molar-refractivity contribution in [3.05, 3.63) is 0 Å². The van der Waals surface area contributed by atoms with E-state index in [4.69, 9.17) is 5.26 Å². The molecule has 2 heteroatoms. The van der Waals surface area contributed by atoms with Crippen LogP contribution in [0.25, 0.3) is 0 Å². The number of rotatable bonds is 3. The quantitative estimate of drug-likeness (QED) is 0.770. The highest BCUT2D eigenvalue weighted by atomic mass is 14.9. The van der Waals surface area contributed by atoms with Gasteiger partial charge in [0.2, 0.25) is 0 Å². The zero-order valence-electron chi connectivity index (χ0n) is 9.71. The smallest absolute Gasteiger partial charge is 0.0672 e. The molecule has 2 fully saturated rings. The van der Waals surface area contributed by atoms with Gasteiger partial charge in [-0.1, -0.05) is 19.8 Å². The Morgan fingerprint density at radius 1 is 1.27 bits per heavy atom. The van der Waals surface area contributed by atoms with Crippen LogP contribution in [-0.4, -0.2) is 12.6 Å². The van der Waals surface area contributed by atoms with E-state index in [1.807, 2.05) is 0 Å². The van der Waals surface area contributed by atoms with Gasteiger partial charge in [0.1, 0.15) is 0 Å². The predicted molar refractivity (Wildman–Crippen MR) is 61.2 cm³/mol. The van der Waals surface area contributed by atoms with Crippen molar-refractivity contribution in [2.24, 2.45) is 17.8 Å². The van der Waals surface area contributed by atoms with Crippen molar-refractivity contribution in [2.75, 3.05) is 6.54 Å². The lowest BCUT2D eigenvalue weighted by molar-refractivity contribution is 0.399. The second-order valence-corrected chi connectivity index (χ2v) is 5.47. The summed E-state index contributed by atoms with van der Waals surface area (Å²) in [6, 6.07) is 2.93. The van der Waals surface area contributed by atoms with Crippen molar-refractivity contribution < 1.29 is 0 Å². The topological polar surface area (TPSA) is 35.8 Å². The van der Waals surface area contributed by atoms with Crippen molar-refractivity contribution in [1.82, 2.24) is 5.32 Å². The number of nitrogens with zero attached hydrogens (tertiary/aromatic N) is 1. The Hall–Kier alpha value is -0.550. The summed E-state index contributed by atoms with van der Waals surface area (Å²) >= 11 is 0. The van der Waals surface area contributed by atoms with Gasteiger partial charge in [0, 0.05) is 6.04 Å². The maximum absolute atomic E-state index is 8.98. The molecule has 0 aliphatic heterocycles. The van der Waals surface area contributed by atoms with Crippen LogP contribution >= 0.6 is 0 Å². The van der Waals surface area contributed by atoms with Crippen LogP contribution in [0.1, 0.15) is 45.4 Å². The average Bonchev–Trinajstić information content (AvgIpc) is 2.83. The predicted octanol–water partition coefficient (Wildman–Crippen LogP) is 2.70. The summed E-state index contributed by atoms with van der Waals surface area (Å²) in [6.45, 7) is 3.50. The van der Waals surface area contributed by atoms with E-state index in [1.165, 1.54) is 32.1 Å². The Labute approximate surface area is 93.0 Å². The van der Waals surface area contributed by atoms with Gasteiger partial charge >= 0.3 is 0 Å². The minimum absolute atomic E-state index is 0.281. The molecular weight excluding hydrogens is 184 g/mol. The number of nitriles is 1. The average molecular weight is 206 g/mol. The lowest BCUT2D eigenvalue weighted by atomic mass is 10.0. The van der Waals surface area contributed by atoms with Crippen molar-refractivity contribution in [2.45, 2.75) is 51.5 Å². The molecule has 0 radical (unpaired) electrons. The highest BCUT2D eigenvalue weighted by Gasteiger charge is 2.28. The monoisotopic (exact) mass is 206 g/mol. The molecule has 4 atom stereocenters. The fraction of sp³-hybridized carbons (Fsp3) is 0.923. The third-order valence-electron chi connectivity index (χ3n) is 4.15. The summed E-state index contributed by atoms with van der Waals surface area (Å²) in [6.07, 6.45) is 7.72. The van der Waals surface area contributed by atoms with Crippen molar-refractivity contribution in [3.8, 4) is 6.07 Å². The van der Waals surface area contributed by atoms with E-state index in [1.54, 1.807) is 0 Å². The van der Waals surface area contributed by atoms with Crippen LogP contribution < -0.4 is 5.32 Å². The minimum Gasteiger partial charge on any atom is -0.312 e. The lowest BCUT2D eigenvalue weighted by Crippen LogP contribution is -2.35. The van der Waals surface area contributed by atoms with E-state index in [9.17, 15) is 0 Å². The Bertz CT molecular complexity index is 243. The Morgan fingerprint density at radius 3 is 2.80 bits per heavy atom. The molecule has 15 heavy (non-hydrogen) atoms. The first-order chi connectivity index (χ1) is 7.29. The summed E-state index contributed by atoms with van der Waals surface area (Å²) in [7, 11) is 0. The number of hydrogen-bond donors (Lipinski definition) is 1. The molecule has 0 saturated heterocycles. The Morgan fingerprint density at radius 2 is 2.13 bits per heavy atom. The maximum Gasteiger partial charge on any atom is 0.0672 e. The minimum atomic E-state index is 0.281. The summed E-state index contributed by atoms with van der Waals surface area (Å²) in [5, 5.41) is 12.6. The van der Waals surface area contributed by atoms with E-state index >= 15 is 0 Å². The van der Waals surface area contributed by atoms with E-state index in [0.717, 1.165) is 24.8 Å². The van der Waals surface area contributed by atoms with Gasteiger partial charge in [0.25, 0.3) is 0 Å². The van der Waals surface area contributed by atoms with E-state index in [2.05, 4.69) is 18.3 Å². The van der Waals surface area contributed by atoms with Crippen molar-refractivity contribution in [1.29, 1.82) is 5.26 Å². The SMILES string of the molecule is CC1CCC(CNC2CCCC2C#N)C1. The first-order valence-corrected chi connectivity index (χ1v) is 6.42. The molecule has 0 bridgehead atoms. The molecule has 0 aromatic carbocycles. The normalized spacial score (nSPS) is 40.5. The second-order valence-electron chi connectivity index (χ2n) is 5.47. The van der Waals surface area contributed by atoms with Crippen LogP contribution in [0.4, 0.5) is 0 Å². The molecular formula is C13H22N2. The zero-order chi connectivity index (χ0) is 10.7. The first-order valence-electron chi connectivity index (χ1n) is 6.42. The number of hydrogen-bond acceptors (Lipinski definition) is 2. The van der Waals surface area contributed by atoms with Crippen LogP contribution in [0, 0.1) is 29.1 Å². The van der Waals surface area contributed by atoms with Gasteiger partial charge in [-0.3, -0.25) is 0 Å². The molecule has 0 aromatic rings. The molecule has 84 valence electrons. The zero-order valence-corrected chi connectivity index (χ0v) is 9.71. The summed E-state index contributed by atoms with van der Waals surface area (Å²) < 4.78 is 0. The summed E-state index contributed by atoms with van der Waals surface area (Å²) in [4.78, 5) is 0. The molecule has 0 spiro atoms. The van der Waals surface area contributed by atoms with Gasteiger partial charge in [-0.05, 0) is 44.1 Å².